The molecule has 0 saturated heterocycles. The van der Waals surface area contributed by atoms with Crippen molar-refractivity contribution in [2.75, 3.05) is 6.26 Å². The molecule has 0 amide bonds. The van der Waals surface area contributed by atoms with Gasteiger partial charge >= 0.3 is 15.2 Å². The topological polar surface area (TPSA) is 17.1 Å². The van der Waals surface area contributed by atoms with Crippen LogP contribution in [0.4, 0.5) is 0 Å². The average molecular weight is 304 g/mol. The Balaban J connectivity index is 0.000000810. The van der Waals surface area contributed by atoms with E-state index in [0.29, 0.717) is 0 Å². The number of carbonyl (C=O) groups is 1. The molecule has 0 atom stereocenters. The number of halogens is 1. The first-order chi connectivity index (χ1) is 4.38. The molecule has 0 saturated carbocycles. The van der Waals surface area contributed by atoms with Crippen LogP contribution in [0, 0.1) is 0 Å². The third kappa shape index (κ3) is 2.44. The minimum Gasteiger partial charge on any atom is -1.00 e. The van der Waals surface area contributed by atoms with Crippen LogP contribution in [0.25, 0.3) is 0 Å². The summed E-state index contributed by atoms with van der Waals surface area (Å²) in [4.78, 5) is 12.2. The van der Waals surface area contributed by atoms with Crippen molar-refractivity contribution in [3.05, 3.63) is 10.3 Å². The lowest BCUT2D eigenvalue weighted by Crippen LogP contribution is -3.00. The first-order valence-electron chi connectivity index (χ1n) is 2.28. The highest BCUT2D eigenvalue weighted by Crippen LogP contribution is 2.27. The monoisotopic (exact) mass is 304 g/mol. The van der Waals surface area contributed by atoms with Gasteiger partial charge in [0.25, 0.3) is 0 Å². The highest BCUT2D eigenvalue weighted by atomic mass is 127. The van der Waals surface area contributed by atoms with Crippen LogP contribution in [0.2, 0.25) is 0 Å². The van der Waals surface area contributed by atoms with Crippen molar-refractivity contribution < 1.29 is 28.8 Å². The van der Waals surface area contributed by atoms with E-state index in [9.17, 15) is 4.79 Å². The average Bonchev–Trinajstić information content (AvgIpc) is 2.33. The van der Waals surface area contributed by atoms with E-state index in [-0.39, 0.29) is 24.0 Å². The summed E-state index contributed by atoms with van der Waals surface area (Å²) in [6.07, 6.45) is 2.88. The smallest absolute Gasteiger partial charge is 0.304 e. The van der Waals surface area contributed by atoms with Gasteiger partial charge in [-0.2, -0.15) is 0 Å². The van der Waals surface area contributed by atoms with Gasteiger partial charge in [0.05, 0.1) is 10.3 Å². The molecular formula is C5H5IOS3. The van der Waals surface area contributed by atoms with Gasteiger partial charge in [0.1, 0.15) is 0 Å². The molecule has 0 N–H and O–H groups in total. The highest BCUT2D eigenvalue weighted by Gasteiger charge is 2.13. The molecule has 0 aliphatic heterocycles. The molecule has 1 aromatic rings. The van der Waals surface area contributed by atoms with Gasteiger partial charge in [-0.25, -0.2) is 0 Å². The van der Waals surface area contributed by atoms with E-state index in [1.54, 1.807) is 22.1 Å². The van der Waals surface area contributed by atoms with E-state index in [4.69, 9.17) is 0 Å². The Morgan fingerprint density at radius 3 is 2.90 bits per heavy atom. The summed E-state index contributed by atoms with van der Waals surface area (Å²) in [7, 11) is 3.13. The lowest BCUT2D eigenvalue weighted by Gasteiger charge is -1.78. The summed E-state index contributed by atoms with van der Waals surface area (Å²) < 4.78 is 0. The SMILES string of the molecule is CSc1cs[s+]c1C=O.[I-]. The van der Waals surface area contributed by atoms with Gasteiger partial charge in [0.2, 0.25) is 6.29 Å². The molecule has 1 heterocycles. The van der Waals surface area contributed by atoms with Crippen molar-refractivity contribution >= 4 is 38.7 Å². The summed E-state index contributed by atoms with van der Waals surface area (Å²) in [5.41, 5.74) is 0. The lowest BCUT2D eigenvalue weighted by atomic mass is 10.5. The van der Waals surface area contributed by atoms with Crippen molar-refractivity contribution in [3.8, 4) is 0 Å². The Bertz CT molecular complexity index is 210. The summed E-state index contributed by atoms with van der Waals surface area (Å²) >= 11 is 1.62. The zero-order valence-corrected chi connectivity index (χ0v) is 9.77. The number of hydrogen-bond donors (Lipinski definition) is 0. The molecule has 0 unspecified atom stereocenters. The molecule has 0 aromatic carbocycles. The molecule has 5 heteroatoms. The van der Waals surface area contributed by atoms with E-state index in [1.165, 1.54) is 10.3 Å². The van der Waals surface area contributed by atoms with Crippen molar-refractivity contribution in [1.29, 1.82) is 0 Å². The van der Waals surface area contributed by atoms with Crippen LogP contribution in [0.5, 0.6) is 0 Å². The fourth-order valence-electron chi connectivity index (χ4n) is 0.445. The largest absolute Gasteiger partial charge is 1.00 e. The maximum absolute atomic E-state index is 10.3. The van der Waals surface area contributed by atoms with E-state index in [2.05, 4.69) is 0 Å². The standard InChI is InChI=1S/C5H5OS3.HI/c1-7-5-3-8-9-4(5)2-6;/h2-3H,1H3;1H/q+1;/p-1. The quantitative estimate of drug-likeness (QED) is 0.244. The Hall–Kier alpha value is 0.800. The van der Waals surface area contributed by atoms with E-state index < -0.39 is 0 Å². The fraction of sp³-hybridized carbons (Fsp3) is 0.200. The molecule has 0 radical (unpaired) electrons. The minimum absolute atomic E-state index is 0. The second kappa shape index (κ2) is 5.45. The molecule has 0 fully saturated rings. The Morgan fingerprint density at radius 2 is 2.50 bits per heavy atom. The Kier molecular flexibility index (Phi) is 5.89. The van der Waals surface area contributed by atoms with Crippen LogP contribution in [-0.2, 0) is 0 Å². The van der Waals surface area contributed by atoms with Crippen molar-refractivity contribution in [1.82, 2.24) is 0 Å². The van der Waals surface area contributed by atoms with Gasteiger partial charge in [-0.1, -0.05) is 0 Å². The Morgan fingerprint density at radius 1 is 1.80 bits per heavy atom. The normalized spacial score (nSPS) is 8.50. The van der Waals surface area contributed by atoms with Crippen LogP contribution < -0.4 is 24.0 Å². The van der Waals surface area contributed by atoms with Crippen LogP contribution in [0.1, 0.15) is 9.67 Å². The first kappa shape index (κ1) is 10.8. The van der Waals surface area contributed by atoms with Gasteiger partial charge in [0.15, 0.2) is 10.3 Å². The molecule has 1 aromatic heterocycles. The predicted octanol–water partition coefficient (Wildman–Crippen LogP) is -0.371. The van der Waals surface area contributed by atoms with Gasteiger partial charge in [-0.3, -0.25) is 4.79 Å². The van der Waals surface area contributed by atoms with E-state index in [0.717, 1.165) is 16.1 Å². The van der Waals surface area contributed by atoms with Gasteiger partial charge in [-0.05, 0) is 6.26 Å². The number of thioether (sulfide) groups is 1. The zero-order chi connectivity index (χ0) is 6.69. The van der Waals surface area contributed by atoms with Gasteiger partial charge in [-0.15, -0.1) is 11.8 Å². The highest BCUT2D eigenvalue weighted by molar-refractivity contribution is 7.99. The maximum atomic E-state index is 10.3. The molecule has 1 nitrogen and oxygen atoms in total. The summed E-state index contributed by atoms with van der Waals surface area (Å²) in [6.45, 7) is 0. The summed E-state index contributed by atoms with van der Waals surface area (Å²) in [5.74, 6) is 0. The summed E-state index contributed by atoms with van der Waals surface area (Å²) in [5, 5.41) is 2.00. The van der Waals surface area contributed by atoms with Crippen LogP contribution in [-0.4, -0.2) is 12.5 Å². The molecule has 0 bridgehead atoms. The third-order valence-corrected chi connectivity index (χ3v) is 3.96. The number of hydrogen-bond acceptors (Lipinski definition) is 3. The number of aldehydes is 1. The Labute approximate surface area is 88.3 Å². The molecule has 0 aliphatic rings. The first-order valence-corrected chi connectivity index (χ1v) is 5.72. The maximum Gasteiger partial charge on any atom is 0.304 e. The number of rotatable bonds is 2. The second-order valence-corrected chi connectivity index (χ2v) is 4.31. The molecule has 1 rings (SSSR count). The van der Waals surface area contributed by atoms with Crippen LogP contribution in [0.3, 0.4) is 0 Å². The van der Waals surface area contributed by atoms with Crippen molar-refractivity contribution in [2.45, 2.75) is 4.90 Å². The second-order valence-electron chi connectivity index (χ2n) is 1.35. The zero-order valence-electron chi connectivity index (χ0n) is 5.17. The van der Waals surface area contributed by atoms with Gasteiger partial charge in [0, 0.05) is 0 Å². The lowest BCUT2D eigenvalue weighted by molar-refractivity contribution is -0.00000813. The van der Waals surface area contributed by atoms with E-state index in [1.807, 2.05) is 11.6 Å². The molecule has 56 valence electrons. The van der Waals surface area contributed by atoms with Crippen molar-refractivity contribution in [3.63, 3.8) is 0 Å². The van der Waals surface area contributed by atoms with E-state index >= 15 is 0 Å². The summed E-state index contributed by atoms with van der Waals surface area (Å²) in [6, 6.07) is 0. The fourth-order valence-corrected chi connectivity index (χ4v) is 3.69. The van der Waals surface area contributed by atoms with Crippen LogP contribution in [0.15, 0.2) is 10.3 Å². The van der Waals surface area contributed by atoms with Crippen LogP contribution >= 0.6 is 32.4 Å². The van der Waals surface area contributed by atoms with Gasteiger partial charge < -0.3 is 24.0 Å². The molecule has 0 spiro atoms. The molecular weight excluding hydrogens is 299 g/mol. The minimum atomic E-state index is 0. The predicted molar refractivity (Wildman–Crippen MR) is 43.8 cm³/mol. The molecule has 10 heavy (non-hydrogen) atoms. The third-order valence-electron chi connectivity index (χ3n) is 0.863. The van der Waals surface area contributed by atoms with Crippen molar-refractivity contribution in [2.24, 2.45) is 0 Å². The molecule has 0 aliphatic carbocycles. The number of carbonyl (C=O) groups excluding carboxylic acids is 1.